The van der Waals surface area contributed by atoms with Gasteiger partial charge < -0.3 is 15.3 Å². The highest BCUT2D eigenvalue weighted by atomic mass is 16.4. The number of hydrogen-bond donors (Lipinski definition) is 2. The number of para-hydroxylation sites is 1. The highest BCUT2D eigenvalue weighted by Crippen LogP contribution is 2.41. The van der Waals surface area contributed by atoms with Crippen LogP contribution in [0.5, 0.6) is 0 Å². The Labute approximate surface area is 113 Å². The van der Waals surface area contributed by atoms with Gasteiger partial charge in [-0.25, -0.2) is 4.79 Å². The number of fused-ring (bicyclic) bond motifs is 2. The molecule has 2 fully saturated rings. The third-order valence-electron chi connectivity index (χ3n) is 4.72. The first-order valence-corrected chi connectivity index (χ1v) is 6.89. The molecule has 2 bridgehead atoms. The predicted molar refractivity (Wildman–Crippen MR) is 74.2 cm³/mol. The summed E-state index contributed by atoms with van der Waals surface area (Å²) in [4.78, 5) is 14.2. The fourth-order valence-electron chi connectivity index (χ4n) is 3.60. The van der Waals surface area contributed by atoms with Gasteiger partial charge in [0.05, 0.1) is 0 Å². The summed E-state index contributed by atoms with van der Waals surface area (Å²) in [7, 11) is 2.12. The second-order valence-corrected chi connectivity index (χ2v) is 5.84. The lowest BCUT2D eigenvalue weighted by molar-refractivity contribution is -0.145. The molecule has 4 nitrogen and oxygen atoms in total. The fourth-order valence-corrected chi connectivity index (χ4v) is 3.60. The highest BCUT2D eigenvalue weighted by Gasteiger charge is 2.51. The number of aliphatic carboxylic acids is 1. The van der Waals surface area contributed by atoms with Crippen molar-refractivity contribution in [1.82, 2.24) is 4.90 Å². The van der Waals surface area contributed by atoms with Gasteiger partial charge in [0.1, 0.15) is 5.54 Å². The highest BCUT2D eigenvalue weighted by molar-refractivity contribution is 5.83. The molecule has 4 heteroatoms. The average Bonchev–Trinajstić information content (AvgIpc) is 2.63. The van der Waals surface area contributed by atoms with Gasteiger partial charge in [-0.1, -0.05) is 18.2 Å². The summed E-state index contributed by atoms with van der Waals surface area (Å²) in [5, 5.41) is 13.0. The van der Waals surface area contributed by atoms with Crippen LogP contribution in [-0.4, -0.2) is 40.6 Å². The number of nitrogens with one attached hydrogen (secondary N) is 1. The van der Waals surface area contributed by atoms with E-state index < -0.39 is 11.5 Å². The van der Waals surface area contributed by atoms with Crippen LogP contribution >= 0.6 is 0 Å². The molecular formula is C15H20N2O2. The molecule has 0 amide bonds. The standard InChI is InChI=1S/C15H20N2O2/c1-17-12-7-8-13(17)10-15(9-12,14(18)19)16-11-5-3-2-4-6-11/h2-6,12-13,16H,7-10H2,1H3,(H,18,19). The Kier molecular flexibility index (Phi) is 2.97. The Bertz CT molecular complexity index is 460. The number of anilines is 1. The van der Waals surface area contributed by atoms with Crippen molar-refractivity contribution in [2.75, 3.05) is 12.4 Å². The van der Waals surface area contributed by atoms with E-state index in [1.165, 1.54) is 0 Å². The third-order valence-corrected chi connectivity index (χ3v) is 4.72. The summed E-state index contributed by atoms with van der Waals surface area (Å²) in [6.45, 7) is 0. The minimum Gasteiger partial charge on any atom is -0.480 e. The second-order valence-electron chi connectivity index (χ2n) is 5.84. The Balaban J connectivity index is 1.87. The number of carbonyl (C=O) groups is 1. The van der Waals surface area contributed by atoms with Gasteiger partial charge >= 0.3 is 5.97 Å². The van der Waals surface area contributed by atoms with Gasteiger partial charge in [-0.05, 0) is 44.9 Å². The van der Waals surface area contributed by atoms with Crippen molar-refractivity contribution in [2.24, 2.45) is 0 Å². The zero-order chi connectivity index (χ0) is 13.5. The lowest BCUT2D eigenvalue weighted by Crippen LogP contribution is -2.57. The Morgan fingerprint density at radius 1 is 1.26 bits per heavy atom. The van der Waals surface area contributed by atoms with E-state index in [-0.39, 0.29) is 0 Å². The van der Waals surface area contributed by atoms with Crippen LogP contribution in [0.1, 0.15) is 25.7 Å². The molecule has 0 saturated carbocycles. The summed E-state index contributed by atoms with van der Waals surface area (Å²) < 4.78 is 0. The van der Waals surface area contributed by atoms with Crippen molar-refractivity contribution < 1.29 is 9.90 Å². The molecule has 0 radical (unpaired) electrons. The molecule has 19 heavy (non-hydrogen) atoms. The zero-order valence-electron chi connectivity index (χ0n) is 11.2. The summed E-state index contributed by atoms with van der Waals surface area (Å²) in [6.07, 6.45) is 3.60. The van der Waals surface area contributed by atoms with E-state index in [4.69, 9.17) is 0 Å². The van der Waals surface area contributed by atoms with Gasteiger partial charge in [-0.3, -0.25) is 0 Å². The van der Waals surface area contributed by atoms with E-state index in [0.717, 1.165) is 18.5 Å². The van der Waals surface area contributed by atoms with Crippen LogP contribution in [0.15, 0.2) is 30.3 Å². The maximum Gasteiger partial charge on any atom is 0.329 e. The summed E-state index contributed by atoms with van der Waals surface area (Å²) in [5.74, 6) is -0.721. The van der Waals surface area contributed by atoms with Crippen molar-refractivity contribution in [2.45, 2.75) is 43.3 Å². The van der Waals surface area contributed by atoms with E-state index in [0.29, 0.717) is 24.9 Å². The maximum atomic E-state index is 11.8. The fraction of sp³-hybridized carbons (Fsp3) is 0.533. The van der Waals surface area contributed by atoms with E-state index in [1.807, 2.05) is 30.3 Å². The SMILES string of the molecule is CN1C2CCC1CC(Nc1ccccc1)(C(=O)O)C2. The average molecular weight is 260 g/mol. The number of carboxylic acid groups (broad SMARTS) is 1. The number of hydrogen-bond acceptors (Lipinski definition) is 3. The molecule has 2 N–H and O–H groups in total. The first-order chi connectivity index (χ1) is 9.11. The molecule has 2 saturated heterocycles. The molecule has 3 rings (SSSR count). The normalized spacial score (nSPS) is 34.2. The molecule has 2 unspecified atom stereocenters. The molecule has 102 valence electrons. The molecule has 2 aliphatic rings. The number of carboxylic acids is 1. The largest absolute Gasteiger partial charge is 0.480 e. The Morgan fingerprint density at radius 3 is 2.37 bits per heavy atom. The molecular weight excluding hydrogens is 240 g/mol. The molecule has 0 aromatic heterocycles. The van der Waals surface area contributed by atoms with E-state index in [9.17, 15) is 9.90 Å². The summed E-state index contributed by atoms with van der Waals surface area (Å²) in [6, 6.07) is 10.5. The summed E-state index contributed by atoms with van der Waals surface area (Å²) in [5.41, 5.74) is 0.0912. The van der Waals surface area contributed by atoms with Crippen LogP contribution in [-0.2, 0) is 4.79 Å². The molecule has 2 atom stereocenters. The van der Waals surface area contributed by atoms with Gasteiger partial charge in [0.15, 0.2) is 0 Å². The van der Waals surface area contributed by atoms with Crippen molar-refractivity contribution in [3.05, 3.63) is 30.3 Å². The minimum atomic E-state index is -0.806. The molecule has 1 aromatic rings. The maximum absolute atomic E-state index is 11.8. The number of piperidine rings is 1. The minimum absolute atomic E-state index is 0.395. The van der Waals surface area contributed by atoms with Crippen LogP contribution in [0, 0.1) is 0 Å². The van der Waals surface area contributed by atoms with Crippen LogP contribution < -0.4 is 5.32 Å². The molecule has 2 heterocycles. The van der Waals surface area contributed by atoms with Crippen LogP contribution in [0.2, 0.25) is 0 Å². The topological polar surface area (TPSA) is 52.6 Å². The summed E-state index contributed by atoms with van der Waals surface area (Å²) >= 11 is 0. The van der Waals surface area contributed by atoms with Gasteiger partial charge in [-0.15, -0.1) is 0 Å². The third kappa shape index (κ3) is 2.10. The molecule has 1 aromatic carbocycles. The Morgan fingerprint density at radius 2 is 1.84 bits per heavy atom. The monoisotopic (exact) mass is 260 g/mol. The number of nitrogens with zero attached hydrogens (tertiary/aromatic N) is 1. The van der Waals surface area contributed by atoms with Crippen molar-refractivity contribution >= 4 is 11.7 Å². The van der Waals surface area contributed by atoms with Gasteiger partial charge in [0, 0.05) is 17.8 Å². The second kappa shape index (κ2) is 4.53. The lowest BCUT2D eigenvalue weighted by Gasteiger charge is -2.43. The van der Waals surface area contributed by atoms with Gasteiger partial charge in [0.25, 0.3) is 0 Å². The molecule has 2 aliphatic heterocycles. The van der Waals surface area contributed by atoms with Crippen LogP contribution in [0.25, 0.3) is 0 Å². The van der Waals surface area contributed by atoms with Crippen molar-refractivity contribution in [1.29, 1.82) is 0 Å². The van der Waals surface area contributed by atoms with Gasteiger partial charge in [0.2, 0.25) is 0 Å². The zero-order valence-corrected chi connectivity index (χ0v) is 11.2. The van der Waals surface area contributed by atoms with Crippen molar-refractivity contribution in [3.63, 3.8) is 0 Å². The lowest BCUT2D eigenvalue weighted by atomic mass is 9.82. The Hall–Kier alpha value is -1.55. The first-order valence-electron chi connectivity index (χ1n) is 6.89. The van der Waals surface area contributed by atoms with E-state index in [2.05, 4.69) is 17.3 Å². The van der Waals surface area contributed by atoms with Crippen molar-refractivity contribution in [3.8, 4) is 0 Å². The van der Waals surface area contributed by atoms with E-state index in [1.54, 1.807) is 0 Å². The number of benzene rings is 1. The quantitative estimate of drug-likeness (QED) is 0.874. The van der Waals surface area contributed by atoms with E-state index >= 15 is 0 Å². The van der Waals surface area contributed by atoms with Gasteiger partial charge in [-0.2, -0.15) is 0 Å². The van der Waals surface area contributed by atoms with Crippen LogP contribution in [0.4, 0.5) is 5.69 Å². The number of rotatable bonds is 3. The molecule has 0 aliphatic carbocycles. The molecule has 0 spiro atoms. The smallest absolute Gasteiger partial charge is 0.329 e. The van der Waals surface area contributed by atoms with Crippen LogP contribution in [0.3, 0.4) is 0 Å². The predicted octanol–water partition coefficient (Wildman–Crippen LogP) is 2.18. The first kappa shape index (κ1) is 12.5.